The molecule has 23 heavy (non-hydrogen) atoms. The van der Waals surface area contributed by atoms with Crippen LogP contribution >= 0.6 is 11.6 Å². The molecule has 0 unspecified atom stereocenters. The standard InChI is InChI=1S/C16H21ClN4O2/c1-16(2,3)23-15(22)20-7-4-11(5-8-20)21-9-6-12-14(21)19-13(17)10-18-12/h6,9-11H,4-5,7-8H2,1-3H3. The summed E-state index contributed by atoms with van der Waals surface area (Å²) in [5, 5.41) is 0.392. The molecule has 7 heteroatoms. The molecule has 2 aromatic rings. The van der Waals surface area contributed by atoms with E-state index in [4.69, 9.17) is 16.3 Å². The topological polar surface area (TPSA) is 60.2 Å². The summed E-state index contributed by atoms with van der Waals surface area (Å²) in [6, 6.07) is 2.23. The second kappa shape index (κ2) is 6.00. The first kappa shape index (κ1) is 16.1. The van der Waals surface area contributed by atoms with E-state index in [0.717, 1.165) is 24.0 Å². The Hall–Kier alpha value is -1.82. The van der Waals surface area contributed by atoms with Crippen molar-refractivity contribution in [1.29, 1.82) is 0 Å². The van der Waals surface area contributed by atoms with Crippen molar-refractivity contribution in [2.45, 2.75) is 45.3 Å². The maximum atomic E-state index is 12.1. The minimum atomic E-state index is -0.461. The van der Waals surface area contributed by atoms with Gasteiger partial charge in [-0.1, -0.05) is 11.6 Å². The maximum absolute atomic E-state index is 12.1. The Balaban J connectivity index is 1.69. The summed E-state index contributed by atoms with van der Waals surface area (Å²) in [6.07, 6.45) is 5.03. The Labute approximate surface area is 140 Å². The van der Waals surface area contributed by atoms with Crippen LogP contribution in [0.1, 0.15) is 39.7 Å². The monoisotopic (exact) mass is 336 g/mol. The number of rotatable bonds is 1. The molecule has 0 aromatic carbocycles. The van der Waals surface area contributed by atoms with Crippen LogP contribution in [0.25, 0.3) is 11.2 Å². The minimum Gasteiger partial charge on any atom is -0.444 e. The molecule has 0 radical (unpaired) electrons. The summed E-state index contributed by atoms with van der Waals surface area (Å²) in [7, 11) is 0. The van der Waals surface area contributed by atoms with Gasteiger partial charge in [-0.25, -0.2) is 14.8 Å². The summed E-state index contributed by atoms with van der Waals surface area (Å²) < 4.78 is 7.54. The van der Waals surface area contributed by atoms with Gasteiger partial charge in [0.2, 0.25) is 0 Å². The zero-order valence-corrected chi connectivity index (χ0v) is 14.4. The van der Waals surface area contributed by atoms with E-state index in [1.165, 1.54) is 0 Å². The maximum Gasteiger partial charge on any atom is 0.410 e. The summed E-state index contributed by atoms with van der Waals surface area (Å²) >= 11 is 5.96. The van der Waals surface area contributed by atoms with Gasteiger partial charge in [0.25, 0.3) is 0 Å². The average Bonchev–Trinajstić information content (AvgIpc) is 2.88. The van der Waals surface area contributed by atoms with Gasteiger partial charge in [-0.05, 0) is 39.7 Å². The highest BCUT2D eigenvalue weighted by Gasteiger charge is 2.28. The van der Waals surface area contributed by atoms with Crippen molar-refractivity contribution in [2.75, 3.05) is 13.1 Å². The lowest BCUT2D eigenvalue weighted by Gasteiger charge is -2.34. The summed E-state index contributed by atoms with van der Waals surface area (Å²) in [4.78, 5) is 22.5. The number of piperidine rings is 1. The number of likely N-dealkylation sites (tertiary alicyclic amines) is 1. The van der Waals surface area contributed by atoms with Gasteiger partial charge in [-0.3, -0.25) is 0 Å². The van der Waals surface area contributed by atoms with Gasteiger partial charge >= 0.3 is 6.09 Å². The summed E-state index contributed by atoms with van der Waals surface area (Å²) in [5.74, 6) is 0. The molecular formula is C16H21ClN4O2. The molecule has 1 saturated heterocycles. The fourth-order valence-corrected chi connectivity index (χ4v) is 2.97. The van der Waals surface area contributed by atoms with E-state index < -0.39 is 5.60 Å². The van der Waals surface area contributed by atoms with Crippen LogP contribution in [0.3, 0.4) is 0 Å². The third kappa shape index (κ3) is 3.58. The number of aromatic nitrogens is 3. The van der Waals surface area contributed by atoms with E-state index >= 15 is 0 Å². The van der Waals surface area contributed by atoms with Crippen LogP contribution < -0.4 is 0 Å². The molecule has 2 aromatic heterocycles. The summed E-state index contributed by atoms with van der Waals surface area (Å²) in [6.45, 7) is 6.99. The van der Waals surface area contributed by atoms with E-state index in [1.807, 2.05) is 33.0 Å². The largest absolute Gasteiger partial charge is 0.444 e. The number of halogens is 1. The van der Waals surface area contributed by atoms with Crippen molar-refractivity contribution >= 4 is 28.9 Å². The van der Waals surface area contributed by atoms with Crippen LogP contribution in [0.15, 0.2) is 18.5 Å². The molecule has 0 N–H and O–H groups in total. The van der Waals surface area contributed by atoms with Gasteiger partial charge in [0.05, 0.1) is 6.20 Å². The molecule has 0 spiro atoms. The molecule has 6 nitrogen and oxygen atoms in total. The van der Waals surface area contributed by atoms with E-state index in [2.05, 4.69) is 14.5 Å². The van der Waals surface area contributed by atoms with Gasteiger partial charge in [0.15, 0.2) is 5.65 Å². The Morgan fingerprint density at radius 3 is 2.70 bits per heavy atom. The lowest BCUT2D eigenvalue weighted by atomic mass is 10.1. The third-order valence-electron chi connectivity index (χ3n) is 3.90. The molecule has 1 fully saturated rings. The van der Waals surface area contributed by atoms with Crippen molar-refractivity contribution in [1.82, 2.24) is 19.4 Å². The highest BCUT2D eigenvalue weighted by Crippen LogP contribution is 2.27. The van der Waals surface area contributed by atoms with Crippen LogP contribution in [0.4, 0.5) is 4.79 Å². The van der Waals surface area contributed by atoms with Crippen molar-refractivity contribution < 1.29 is 9.53 Å². The van der Waals surface area contributed by atoms with Crippen LogP contribution in [0.2, 0.25) is 5.15 Å². The Bertz CT molecular complexity index is 714. The molecule has 0 atom stereocenters. The first-order valence-corrected chi connectivity index (χ1v) is 8.18. The quantitative estimate of drug-likeness (QED) is 0.797. The number of hydrogen-bond acceptors (Lipinski definition) is 4. The fraction of sp³-hybridized carbons (Fsp3) is 0.562. The number of amides is 1. The summed E-state index contributed by atoms with van der Waals surface area (Å²) in [5.41, 5.74) is 1.17. The Kier molecular flexibility index (Phi) is 4.19. The zero-order chi connectivity index (χ0) is 16.6. The van der Waals surface area contributed by atoms with E-state index in [-0.39, 0.29) is 6.09 Å². The number of carbonyl (C=O) groups excluding carboxylic acids is 1. The molecule has 3 rings (SSSR count). The van der Waals surface area contributed by atoms with Crippen molar-refractivity contribution in [3.63, 3.8) is 0 Å². The minimum absolute atomic E-state index is 0.240. The van der Waals surface area contributed by atoms with Crippen LogP contribution in [-0.2, 0) is 4.74 Å². The van der Waals surface area contributed by atoms with E-state index in [1.54, 1.807) is 11.1 Å². The Morgan fingerprint density at radius 1 is 1.35 bits per heavy atom. The molecule has 1 aliphatic heterocycles. The van der Waals surface area contributed by atoms with Gasteiger partial charge in [0.1, 0.15) is 16.3 Å². The fourth-order valence-electron chi connectivity index (χ4n) is 2.84. The molecule has 0 saturated carbocycles. The van der Waals surface area contributed by atoms with Crippen LogP contribution in [0.5, 0.6) is 0 Å². The van der Waals surface area contributed by atoms with Gasteiger partial charge in [0, 0.05) is 25.3 Å². The normalized spacial score (nSPS) is 16.8. The first-order chi connectivity index (χ1) is 10.8. The van der Waals surface area contributed by atoms with Gasteiger partial charge in [-0.15, -0.1) is 0 Å². The molecule has 0 aliphatic carbocycles. The van der Waals surface area contributed by atoms with Crippen molar-refractivity contribution in [2.24, 2.45) is 0 Å². The average molecular weight is 337 g/mol. The lowest BCUT2D eigenvalue weighted by Crippen LogP contribution is -2.42. The number of hydrogen-bond donors (Lipinski definition) is 0. The van der Waals surface area contributed by atoms with Gasteiger partial charge < -0.3 is 14.2 Å². The zero-order valence-electron chi connectivity index (χ0n) is 13.6. The van der Waals surface area contributed by atoms with Crippen molar-refractivity contribution in [3.8, 4) is 0 Å². The predicted molar refractivity (Wildman–Crippen MR) is 88.6 cm³/mol. The van der Waals surface area contributed by atoms with Crippen LogP contribution in [-0.4, -0.2) is 44.2 Å². The Morgan fingerprint density at radius 2 is 2.04 bits per heavy atom. The second-order valence-corrected chi connectivity index (χ2v) is 7.21. The highest BCUT2D eigenvalue weighted by molar-refractivity contribution is 6.29. The second-order valence-electron chi connectivity index (χ2n) is 6.82. The molecule has 1 aliphatic rings. The molecule has 0 bridgehead atoms. The number of nitrogens with zero attached hydrogens (tertiary/aromatic N) is 4. The van der Waals surface area contributed by atoms with Crippen molar-refractivity contribution in [3.05, 3.63) is 23.6 Å². The molecule has 1 amide bonds. The predicted octanol–water partition coefficient (Wildman–Crippen LogP) is 3.66. The molecular weight excluding hydrogens is 316 g/mol. The lowest BCUT2D eigenvalue weighted by molar-refractivity contribution is 0.0189. The smallest absolute Gasteiger partial charge is 0.410 e. The molecule has 124 valence electrons. The number of ether oxygens (including phenoxy) is 1. The number of carbonyl (C=O) groups is 1. The third-order valence-corrected chi connectivity index (χ3v) is 4.08. The van der Waals surface area contributed by atoms with E-state index in [0.29, 0.717) is 24.3 Å². The molecule has 3 heterocycles. The highest BCUT2D eigenvalue weighted by atomic mass is 35.5. The van der Waals surface area contributed by atoms with Gasteiger partial charge in [-0.2, -0.15) is 0 Å². The van der Waals surface area contributed by atoms with Crippen LogP contribution in [0, 0.1) is 0 Å². The SMILES string of the molecule is CC(C)(C)OC(=O)N1CCC(n2ccc3ncc(Cl)nc32)CC1. The first-order valence-electron chi connectivity index (χ1n) is 7.80. The number of fused-ring (bicyclic) bond motifs is 1. The van der Waals surface area contributed by atoms with E-state index in [9.17, 15) is 4.79 Å².